The monoisotopic (exact) mass is 1830 g/mol. The van der Waals surface area contributed by atoms with E-state index in [9.17, 15) is 24.0 Å². The van der Waals surface area contributed by atoms with Crippen molar-refractivity contribution in [2.45, 2.75) is 375 Å². The van der Waals surface area contributed by atoms with E-state index in [1.807, 2.05) is 6.92 Å². The fraction of sp³-hybridized carbons (Fsp3) is 0.951. The molecule has 25 heteroatoms. The molecule has 0 aromatic heterocycles. The highest BCUT2D eigenvalue weighted by Gasteiger charge is 2.17. The topological polar surface area (TPSA) is 240 Å². The molecule has 0 radical (unpaired) electrons. The number of morpholine rings is 5. The molecule has 25 nitrogen and oxygen atoms in total. The Morgan fingerprint density at radius 2 is 0.328 bits per heavy atom. The van der Waals surface area contributed by atoms with Crippen LogP contribution in [0.5, 0.6) is 0 Å². The van der Waals surface area contributed by atoms with E-state index >= 15 is 0 Å². The van der Waals surface area contributed by atoms with Crippen LogP contribution in [0, 0.1) is 0 Å². The molecule has 128 heavy (non-hydrogen) atoms. The number of ether oxygens (including phenoxy) is 15. The number of carbonyl (C=O) groups excluding carboxylic acids is 5. The molecule has 0 bridgehead atoms. The van der Waals surface area contributed by atoms with Gasteiger partial charge in [0.25, 0.3) is 0 Å². The Morgan fingerprint density at radius 3 is 0.500 bits per heavy atom. The second-order valence-electron chi connectivity index (χ2n) is 35.3. The molecule has 5 aliphatic heterocycles. The van der Waals surface area contributed by atoms with Gasteiger partial charge in [-0.2, -0.15) is 0 Å². The van der Waals surface area contributed by atoms with Gasteiger partial charge in [0.2, 0.25) is 0 Å². The third-order valence-corrected chi connectivity index (χ3v) is 24.0. The highest BCUT2D eigenvalue weighted by Crippen LogP contribution is 2.19. The third-order valence-electron chi connectivity index (χ3n) is 24.0. The Morgan fingerprint density at radius 1 is 0.180 bits per heavy atom. The summed E-state index contributed by atoms with van der Waals surface area (Å²) in [4.78, 5) is 69.8. The van der Waals surface area contributed by atoms with E-state index in [1.54, 1.807) is 0 Å². The van der Waals surface area contributed by atoms with Crippen molar-refractivity contribution < 1.29 is 95.0 Å². The van der Waals surface area contributed by atoms with E-state index in [-0.39, 0.29) is 36.3 Å². The van der Waals surface area contributed by atoms with Gasteiger partial charge < -0.3 is 71.1 Å². The van der Waals surface area contributed by atoms with Gasteiger partial charge in [-0.3, -0.25) is 48.5 Å². The van der Waals surface area contributed by atoms with Crippen molar-refractivity contribution in [2.75, 3.05) is 263 Å². The number of carbonyl (C=O) groups is 5. The average Bonchev–Trinajstić information content (AvgIpc) is 0.977. The van der Waals surface area contributed by atoms with Crippen LogP contribution in [0.15, 0.2) is 0 Å². The molecule has 5 aliphatic rings. The van der Waals surface area contributed by atoms with Crippen molar-refractivity contribution in [2.24, 2.45) is 0 Å². The van der Waals surface area contributed by atoms with Gasteiger partial charge in [0.05, 0.1) is 132 Å². The van der Waals surface area contributed by atoms with E-state index < -0.39 is 0 Å². The molecule has 0 spiro atoms. The Kier molecular flexibility index (Phi) is 98.5. The first-order chi connectivity index (χ1) is 63.1. The summed E-state index contributed by atoms with van der Waals surface area (Å²) in [7, 11) is 0. The van der Waals surface area contributed by atoms with Crippen LogP contribution in [0.2, 0.25) is 0 Å². The molecular weight excluding hydrogens is 1630 g/mol. The van der Waals surface area contributed by atoms with Gasteiger partial charge in [-0.15, -0.1) is 0 Å². The van der Waals surface area contributed by atoms with E-state index in [0.717, 1.165) is 216 Å². The van der Waals surface area contributed by atoms with Crippen molar-refractivity contribution in [3.63, 3.8) is 0 Å². The molecule has 5 rings (SSSR count). The number of hydrogen-bond acceptors (Lipinski definition) is 25. The molecule has 0 aromatic rings. The number of nitrogens with zero attached hydrogens (tertiary/aromatic N) is 5. The van der Waals surface area contributed by atoms with Crippen molar-refractivity contribution >= 4 is 29.8 Å². The minimum atomic E-state index is -0.231. The van der Waals surface area contributed by atoms with Crippen LogP contribution in [0.1, 0.15) is 375 Å². The highest BCUT2D eigenvalue weighted by atomic mass is 16.6. The molecule has 758 valence electrons. The number of rotatable bonds is 83. The maximum atomic E-state index is 11.8. The van der Waals surface area contributed by atoms with Gasteiger partial charge in [0.15, 0.2) is 0 Å². The lowest BCUT2D eigenvalue weighted by Crippen LogP contribution is -2.38. The zero-order valence-electron chi connectivity index (χ0n) is 83.7. The van der Waals surface area contributed by atoms with Crippen LogP contribution in [-0.4, -0.2) is 318 Å². The van der Waals surface area contributed by atoms with Gasteiger partial charge in [-0.05, 0) is 32.6 Å². The SMILES string of the molecule is CCCCCCCCCCCC(=O)OCCN1CCOCC1.CCCCCCCCCCCCCC(=O)OCCN1CCOCC1.CCCCCCCCCCCCCCCC(=O)OCCN1CCOCC1.CCCCCCCCCCCCCCCCCC(=O)OCCN1CCOCC1.CCOCCOCCOCCOCCOCCC(=O)OCCN1CCOCC1. The predicted molar refractivity (Wildman–Crippen MR) is 518 cm³/mol. The Labute approximate surface area is 783 Å². The first-order valence-corrected chi connectivity index (χ1v) is 53.3. The second kappa shape index (κ2) is 103. The molecule has 0 aliphatic carbocycles. The van der Waals surface area contributed by atoms with Crippen molar-refractivity contribution in [1.29, 1.82) is 0 Å². The Bertz CT molecular complexity index is 2210. The number of unbranched alkanes of at least 4 members (excludes halogenated alkanes) is 44. The summed E-state index contributed by atoms with van der Waals surface area (Å²) in [5.74, 6) is -0.342. The Balaban J connectivity index is 0.000000802. The van der Waals surface area contributed by atoms with Crippen LogP contribution >= 0.6 is 0 Å². The Hall–Kier alpha value is -3.25. The van der Waals surface area contributed by atoms with E-state index in [2.05, 4.69) is 52.2 Å². The number of esters is 5. The molecule has 5 saturated heterocycles. The lowest BCUT2D eigenvalue weighted by atomic mass is 10.0. The first-order valence-electron chi connectivity index (χ1n) is 53.3. The van der Waals surface area contributed by atoms with Crippen LogP contribution in [0.25, 0.3) is 0 Å². The largest absolute Gasteiger partial charge is 0.464 e. The fourth-order valence-electron chi connectivity index (χ4n) is 15.5. The van der Waals surface area contributed by atoms with Crippen molar-refractivity contribution in [3.8, 4) is 0 Å². The van der Waals surface area contributed by atoms with Gasteiger partial charge in [0, 0.05) is 130 Å². The molecule has 0 aromatic carbocycles. The lowest BCUT2D eigenvalue weighted by molar-refractivity contribution is -0.146. The summed E-state index contributed by atoms with van der Waals surface area (Å²) in [5.41, 5.74) is 0. The molecule has 0 atom stereocenters. The smallest absolute Gasteiger partial charge is 0.308 e. The van der Waals surface area contributed by atoms with Gasteiger partial charge >= 0.3 is 29.8 Å². The van der Waals surface area contributed by atoms with Crippen LogP contribution < -0.4 is 0 Å². The quantitative estimate of drug-likeness (QED) is 0.0312. The fourth-order valence-corrected chi connectivity index (χ4v) is 15.5. The molecule has 0 unspecified atom stereocenters. The second-order valence-corrected chi connectivity index (χ2v) is 35.3. The summed E-state index contributed by atoms with van der Waals surface area (Å²) in [5, 5.41) is 0. The highest BCUT2D eigenvalue weighted by molar-refractivity contribution is 5.70. The molecule has 5 heterocycles. The zero-order valence-corrected chi connectivity index (χ0v) is 83.7. The maximum absolute atomic E-state index is 11.8. The van der Waals surface area contributed by atoms with Crippen LogP contribution in [0.4, 0.5) is 0 Å². The molecular formula is C103H201N5O20. The van der Waals surface area contributed by atoms with E-state index in [4.69, 9.17) is 71.1 Å². The zero-order chi connectivity index (χ0) is 92.1. The number of hydrogen-bond donors (Lipinski definition) is 0. The minimum absolute atomic E-state index is 0.0250. The van der Waals surface area contributed by atoms with Gasteiger partial charge in [-0.1, -0.05) is 310 Å². The maximum Gasteiger partial charge on any atom is 0.308 e. The standard InChI is InChI=1S/C24H47NO3.C22H43NO3.C20H39NO3.C19H37NO8.C18H35NO3/c1-2-3-4-5-6-7-8-9-10-11-12-13-14-15-16-17-24(26)28-23-20-25-18-21-27-22-19-25;1-2-3-4-5-6-7-8-9-10-11-12-13-14-15-22(24)26-21-18-23-16-19-25-20-17-23;1-2-3-4-5-6-7-8-9-10-11-12-13-20(22)24-19-16-21-14-17-23-18-15-21;1-2-22-11-12-25-15-16-27-18-17-26-14-13-23-7-3-19(21)28-10-6-20-4-8-24-9-5-20;1-2-3-4-5-6-7-8-9-10-11-18(20)22-17-14-19-12-15-21-16-13-19/h2-23H2,1H3;2-21H2,1H3;2-19H2,1H3;2-18H2,1H3;2-17H2,1H3. The van der Waals surface area contributed by atoms with Gasteiger partial charge in [0.1, 0.15) is 33.0 Å². The van der Waals surface area contributed by atoms with Crippen LogP contribution in [0.3, 0.4) is 0 Å². The summed E-state index contributed by atoms with van der Waals surface area (Å²) in [6.07, 6.45) is 66.0. The van der Waals surface area contributed by atoms with Crippen molar-refractivity contribution in [1.82, 2.24) is 24.5 Å². The first kappa shape index (κ1) is 123. The molecule has 0 amide bonds. The third kappa shape index (κ3) is 93.2. The summed E-state index contributed by atoms with van der Waals surface area (Å²) >= 11 is 0. The summed E-state index contributed by atoms with van der Waals surface area (Å²) in [6, 6.07) is 0. The summed E-state index contributed by atoms with van der Waals surface area (Å²) < 4.78 is 79.6. The minimum Gasteiger partial charge on any atom is -0.464 e. The van der Waals surface area contributed by atoms with Gasteiger partial charge in [-0.25, -0.2) is 0 Å². The van der Waals surface area contributed by atoms with Crippen molar-refractivity contribution in [3.05, 3.63) is 0 Å². The summed E-state index contributed by atoms with van der Waals surface area (Å²) in [6.45, 7) is 40.3. The molecule has 0 N–H and O–H groups in total. The van der Waals surface area contributed by atoms with E-state index in [0.29, 0.717) is 125 Å². The molecule has 0 saturated carbocycles. The normalized spacial score (nSPS) is 15.3. The van der Waals surface area contributed by atoms with E-state index in [1.165, 1.54) is 257 Å². The van der Waals surface area contributed by atoms with Crippen LogP contribution in [-0.2, 0) is 95.0 Å². The average molecular weight is 1830 g/mol. The molecule has 5 fully saturated rings. The predicted octanol–water partition coefficient (Wildman–Crippen LogP) is 20.2. The lowest BCUT2D eigenvalue weighted by Gasteiger charge is -2.26.